The summed E-state index contributed by atoms with van der Waals surface area (Å²) < 4.78 is 2.14. The van der Waals surface area contributed by atoms with E-state index in [1.807, 2.05) is 25.2 Å². The Morgan fingerprint density at radius 3 is 2.62 bits per heavy atom. The first-order chi connectivity index (χ1) is 7.42. The molecule has 0 aromatic carbocycles. The second-order valence-electron chi connectivity index (χ2n) is 5.63. The molecule has 1 aliphatic carbocycles. The molecule has 0 radical (unpaired) electrons. The molecule has 0 saturated heterocycles. The van der Waals surface area contributed by atoms with Crippen LogP contribution in [-0.2, 0) is 13.6 Å². The monoisotopic (exact) mass is 222 g/mol. The molecule has 1 saturated carbocycles. The largest absolute Gasteiger partial charge is 0.348 e. The number of rotatable bonds is 4. The first-order valence-electron chi connectivity index (χ1n) is 5.83. The van der Waals surface area contributed by atoms with Crippen LogP contribution in [0.25, 0.3) is 0 Å². The van der Waals surface area contributed by atoms with E-state index in [1.165, 1.54) is 12.1 Å². The predicted molar refractivity (Wildman–Crippen MR) is 66.6 cm³/mol. The van der Waals surface area contributed by atoms with Crippen molar-refractivity contribution in [2.75, 3.05) is 19.0 Å². The topological polar surface area (TPSA) is 33.1 Å². The van der Waals surface area contributed by atoms with Gasteiger partial charge in [-0.05, 0) is 11.8 Å². The maximum atomic E-state index is 4.40. The lowest BCUT2D eigenvalue weighted by Crippen LogP contribution is -2.22. The molecule has 1 unspecified atom stereocenters. The van der Waals surface area contributed by atoms with Crippen molar-refractivity contribution < 1.29 is 0 Å². The highest BCUT2D eigenvalue weighted by Gasteiger charge is 2.45. The standard InChI is InChI=1S/C12H22N4/c1-12(2)6-10(12)13-7-9-8-14-11(15(3)4)16(9)5/h8,10,13H,6-7H2,1-5H3. The summed E-state index contributed by atoms with van der Waals surface area (Å²) >= 11 is 0. The maximum Gasteiger partial charge on any atom is 0.204 e. The molecule has 1 atom stereocenters. The van der Waals surface area contributed by atoms with Gasteiger partial charge < -0.3 is 14.8 Å². The van der Waals surface area contributed by atoms with Gasteiger partial charge in [-0.15, -0.1) is 0 Å². The summed E-state index contributed by atoms with van der Waals surface area (Å²) in [4.78, 5) is 6.43. The molecule has 0 amide bonds. The van der Waals surface area contributed by atoms with Gasteiger partial charge in [-0.2, -0.15) is 0 Å². The van der Waals surface area contributed by atoms with E-state index >= 15 is 0 Å². The Morgan fingerprint density at radius 2 is 2.19 bits per heavy atom. The van der Waals surface area contributed by atoms with Crippen LogP contribution in [0.5, 0.6) is 0 Å². The van der Waals surface area contributed by atoms with Crippen LogP contribution in [0.4, 0.5) is 5.95 Å². The van der Waals surface area contributed by atoms with Gasteiger partial charge in [-0.3, -0.25) is 0 Å². The van der Waals surface area contributed by atoms with Gasteiger partial charge in [0.15, 0.2) is 0 Å². The Hall–Kier alpha value is -1.03. The van der Waals surface area contributed by atoms with Crippen LogP contribution < -0.4 is 10.2 Å². The minimum atomic E-state index is 0.489. The number of hydrogen-bond donors (Lipinski definition) is 1. The highest BCUT2D eigenvalue weighted by Crippen LogP contribution is 2.44. The van der Waals surface area contributed by atoms with Crippen molar-refractivity contribution in [3.05, 3.63) is 11.9 Å². The first kappa shape index (κ1) is 11.5. The zero-order valence-corrected chi connectivity index (χ0v) is 10.9. The Kier molecular flexibility index (Phi) is 2.70. The second-order valence-corrected chi connectivity index (χ2v) is 5.63. The normalized spacial score (nSPS) is 22.2. The van der Waals surface area contributed by atoms with Gasteiger partial charge >= 0.3 is 0 Å². The lowest BCUT2D eigenvalue weighted by molar-refractivity contribution is 0.534. The van der Waals surface area contributed by atoms with Crippen molar-refractivity contribution >= 4 is 5.95 Å². The van der Waals surface area contributed by atoms with Crippen molar-refractivity contribution in [2.45, 2.75) is 32.9 Å². The number of aromatic nitrogens is 2. The molecule has 0 aliphatic heterocycles. The van der Waals surface area contributed by atoms with E-state index in [1.54, 1.807) is 0 Å². The lowest BCUT2D eigenvalue weighted by Gasteiger charge is -2.13. The lowest BCUT2D eigenvalue weighted by atomic mass is 10.2. The zero-order chi connectivity index (χ0) is 11.9. The predicted octanol–water partition coefficient (Wildman–Crippen LogP) is 1.37. The average Bonchev–Trinajstić information content (AvgIpc) is 2.62. The average molecular weight is 222 g/mol. The second kappa shape index (κ2) is 3.77. The summed E-state index contributed by atoms with van der Waals surface area (Å²) in [7, 11) is 6.10. The highest BCUT2D eigenvalue weighted by molar-refractivity contribution is 5.31. The molecule has 1 N–H and O–H groups in total. The van der Waals surface area contributed by atoms with Crippen LogP contribution in [0, 0.1) is 5.41 Å². The van der Waals surface area contributed by atoms with E-state index in [0.717, 1.165) is 12.5 Å². The summed E-state index contributed by atoms with van der Waals surface area (Å²) in [5.41, 5.74) is 1.73. The maximum absolute atomic E-state index is 4.40. The van der Waals surface area contributed by atoms with Crippen LogP contribution in [0.15, 0.2) is 6.20 Å². The first-order valence-corrected chi connectivity index (χ1v) is 5.83. The molecule has 1 heterocycles. The van der Waals surface area contributed by atoms with Gasteiger partial charge in [-0.25, -0.2) is 4.98 Å². The molecular formula is C12H22N4. The molecule has 16 heavy (non-hydrogen) atoms. The van der Waals surface area contributed by atoms with Gasteiger partial charge in [0, 0.05) is 33.7 Å². The van der Waals surface area contributed by atoms with Crippen molar-refractivity contribution in [3.63, 3.8) is 0 Å². The summed E-state index contributed by atoms with van der Waals surface area (Å²) in [5, 5.41) is 3.58. The van der Waals surface area contributed by atoms with Crippen LogP contribution in [0.3, 0.4) is 0 Å². The van der Waals surface area contributed by atoms with Crippen molar-refractivity contribution in [3.8, 4) is 0 Å². The van der Waals surface area contributed by atoms with Crippen LogP contribution in [0.1, 0.15) is 26.0 Å². The van der Waals surface area contributed by atoms with Crippen LogP contribution in [0.2, 0.25) is 0 Å². The Balaban J connectivity index is 1.95. The summed E-state index contributed by atoms with van der Waals surface area (Å²) in [6, 6.07) is 0.671. The van der Waals surface area contributed by atoms with Gasteiger partial charge in [0.2, 0.25) is 5.95 Å². The number of nitrogens with one attached hydrogen (secondary N) is 1. The molecule has 0 spiro atoms. The van der Waals surface area contributed by atoms with Crippen LogP contribution in [-0.4, -0.2) is 29.7 Å². The Bertz CT molecular complexity index is 378. The van der Waals surface area contributed by atoms with Gasteiger partial charge in [0.05, 0.1) is 11.9 Å². The Labute approximate surface area is 97.7 Å². The third-order valence-electron chi connectivity index (χ3n) is 3.50. The molecule has 2 rings (SSSR count). The SMILES string of the molecule is CN(C)c1ncc(CNC2CC2(C)C)n1C. The molecule has 90 valence electrons. The summed E-state index contributed by atoms with van der Waals surface area (Å²) in [6.07, 6.45) is 3.24. The van der Waals surface area contributed by atoms with E-state index in [9.17, 15) is 0 Å². The Morgan fingerprint density at radius 1 is 1.56 bits per heavy atom. The summed E-state index contributed by atoms with van der Waals surface area (Å²) in [5.74, 6) is 1.01. The summed E-state index contributed by atoms with van der Waals surface area (Å²) in [6.45, 7) is 5.52. The van der Waals surface area contributed by atoms with Crippen molar-refractivity contribution in [2.24, 2.45) is 12.5 Å². The fourth-order valence-electron chi connectivity index (χ4n) is 2.06. The van der Waals surface area contributed by atoms with E-state index in [2.05, 4.69) is 35.8 Å². The fraction of sp³-hybridized carbons (Fsp3) is 0.750. The molecule has 4 heteroatoms. The number of nitrogens with zero attached hydrogens (tertiary/aromatic N) is 3. The quantitative estimate of drug-likeness (QED) is 0.835. The number of hydrogen-bond acceptors (Lipinski definition) is 3. The molecule has 1 fully saturated rings. The van der Waals surface area contributed by atoms with Gasteiger partial charge in [0.25, 0.3) is 0 Å². The van der Waals surface area contributed by atoms with Crippen molar-refractivity contribution in [1.29, 1.82) is 0 Å². The van der Waals surface area contributed by atoms with E-state index in [4.69, 9.17) is 0 Å². The fourth-order valence-corrected chi connectivity index (χ4v) is 2.06. The van der Waals surface area contributed by atoms with Gasteiger partial charge in [0.1, 0.15) is 0 Å². The molecule has 0 bridgehead atoms. The molecular weight excluding hydrogens is 200 g/mol. The van der Waals surface area contributed by atoms with Crippen LogP contribution >= 0.6 is 0 Å². The molecule has 1 aromatic rings. The molecule has 4 nitrogen and oxygen atoms in total. The molecule has 1 aromatic heterocycles. The third kappa shape index (κ3) is 2.07. The van der Waals surface area contributed by atoms with Gasteiger partial charge in [-0.1, -0.05) is 13.8 Å². The minimum absolute atomic E-state index is 0.489. The number of anilines is 1. The molecule has 1 aliphatic rings. The van der Waals surface area contributed by atoms with Crippen molar-refractivity contribution in [1.82, 2.24) is 14.9 Å². The highest BCUT2D eigenvalue weighted by atomic mass is 15.3. The van der Waals surface area contributed by atoms with E-state index in [0.29, 0.717) is 11.5 Å². The smallest absolute Gasteiger partial charge is 0.204 e. The van der Waals surface area contributed by atoms with E-state index < -0.39 is 0 Å². The van der Waals surface area contributed by atoms with E-state index in [-0.39, 0.29) is 0 Å². The third-order valence-corrected chi connectivity index (χ3v) is 3.50. The zero-order valence-electron chi connectivity index (χ0n) is 10.9. The minimum Gasteiger partial charge on any atom is -0.348 e. The number of imidazole rings is 1.